The summed E-state index contributed by atoms with van der Waals surface area (Å²) in [4.78, 5) is 28.5. The van der Waals surface area contributed by atoms with Gasteiger partial charge in [-0.25, -0.2) is 0 Å². The Morgan fingerprint density at radius 1 is 1.12 bits per heavy atom. The van der Waals surface area contributed by atoms with Crippen LogP contribution >= 0.6 is 11.8 Å². The Labute approximate surface area is 156 Å². The van der Waals surface area contributed by atoms with E-state index in [-0.39, 0.29) is 17.2 Å². The van der Waals surface area contributed by atoms with Gasteiger partial charge in [-0.15, -0.1) is 11.8 Å². The molecule has 2 aromatic rings. The van der Waals surface area contributed by atoms with Crippen LogP contribution in [0.2, 0.25) is 0 Å². The molecule has 26 heavy (non-hydrogen) atoms. The van der Waals surface area contributed by atoms with Crippen molar-refractivity contribution in [3.8, 4) is 0 Å². The number of nitro benzene ring substituents is 1. The van der Waals surface area contributed by atoms with E-state index in [4.69, 9.17) is 0 Å². The van der Waals surface area contributed by atoms with E-state index in [0.29, 0.717) is 13.1 Å². The first-order valence-corrected chi connectivity index (χ1v) is 9.69. The van der Waals surface area contributed by atoms with Crippen LogP contribution in [0.5, 0.6) is 0 Å². The molecule has 1 heterocycles. The highest BCUT2D eigenvalue weighted by Gasteiger charge is 2.27. The van der Waals surface area contributed by atoms with E-state index in [0.717, 1.165) is 24.5 Å². The summed E-state index contributed by atoms with van der Waals surface area (Å²) in [5.74, 6) is -0.257. The molecule has 1 amide bonds. The topological polar surface area (TPSA) is 66.7 Å². The number of carbonyl (C=O) groups is 1. The number of carbonyl (C=O) groups excluding carboxylic acids is 1. The molecule has 2 aromatic carbocycles. The number of hydrogen-bond acceptors (Lipinski definition) is 5. The molecule has 6 nitrogen and oxygen atoms in total. The Morgan fingerprint density at radius 3 is 2.42 bits per heavy atom. The van der Waals surface area contributed by atoms with Gasteiger partial charge in [0.05, 0.1) is 4.92 Å². The Kier molecular flexibility index (Phi) is 5.90. The summed E-state index contributed by atoms with van der Waals surface area (Å²) in [6, 6.07) is 14.9. The van der Waals surface area contributed by atoms with Gasteiger partial charge < -0.3 is 4.90 Å². The molecule has 136 valence electrons. The SMILES string of the molecule is CSc1ccc([N+](=O)[O-])c(C(=O)N2CCN(Cc3ccccc3)CC2)c1. The number of nitrogens with zero attached hydrogens (tertiary/aromatic N) is 3. The van der Waals surface area contributed by atoms with Gasteiger partial charge in [0.15, 0.2) is 0 Å². The smallest absolute Gasteiger partial charge is 0.282 e. The van der Waals surface area contributed by atoms with E-state index in [1.807, 2.05) is 24.5 Å². The molecule has 7 heteroatoms. The van der Waals surface area contributed by atoms with Gasteiger partial charge in [0.2, 0.25) is 0 Å². The zero-order valence-corrected chi connectivity index (χ0v) is 15.4. The van der Waals surface area contributed by atoms with E-state index >= 15 is 0 Å². The summed E-state index contributed by atoms with van der Waals surface area (Å²) in [7, 11) is 0. The molecule has 0 bridgehead atoms. The summed E-state index contributed by atoms with van der Waals surface area (Å²) in [6.45, 7) is 3.52. The van der Waals surface area contributed by atoms with Crippen molar-refractivity contribution < 1.29 is 9.72 Å². The molecule has 0 atom stereocenters. The fourth-order valence-electron chi connectivity index (χ4n) is 3.09. The highest BCUT2D eigenvalue weighted by Crippen LogP contribution is 2.26. The van der Waals surface area contributed by atoms with Gasteiger partial charge in [-0.2, -0.15) is 0 Å². The van der Waals surface area contributed by atoms with Crippen molar-refractivity contribution in [1.29, 1.82) is 0 Å². The van der Waals surface area contributed by atoms with Crippen LogP contribution in [0.3, 0.4) is 0 Å². The zero-order chi connectivity index (χ0) is 18.5. The Balaban J connectivity index is 1.68. The van der Waals surface area contributed by atoms with Crippen LogP contribution in [0.25, 0.3) is 0 Å². The number of amides is 1. The van der Waals surface area contributed by atoms with Crippen molar-refractivity contribution >= 4 is 23.4 Å². The van der Waals surface area contributed by atoms with Crippen LogP contribution < -0.4 is 0 Å². The number of benzene rings is 2. The normalized spacial score (nSPS) is 15.0. The van der Waals surface area contributed by atoms with Crippen molar-refractivity contribution in [1.82, 2.24) is 9.80 Å². The Bertz CT molecular complexity index is 790. The second-order valence-corrected chi connectivity index (χ2v) is 7.07. The van der Waals surface area contributed by atoms with Gasteiger partial charge in [0, 0.05) is 43.7 Å². The van der Waals surface area contributed by atoms with E-state index in [2.05, 4.69) is 17.0 Å². The number of hydrogen-bond donors (Lipinski definition) is 0. The fourth-order valence-corrected chi connectivity index (χ4v) is 3.53. The molecule has 1 saturated heterocycles. The predicted molar refractivity (Wildman–Crippen MR) is 102 cm³/mol. The highest BCUT2D eigenvalue weighted by atomic mass is 32.2. The Hall–Kier alpha value is -2.38. The van der Waals surface area contributed by atoms with Crippen LogP contribution in [-0.2, 0) is 6.54 Å². The van der Waals surface area contributed by atoms with Crippen molar-refractivity contribution in [3.05, 3.63) is 69.8 Å². The number of nitro groups is 1. The second kappa shape index (κ2) is 8.33. The molecule has 0 aliphatic carbocycles. The minimum absolute atomic E-state index is 0.125. The molecule has 0 saturated carbocycles. The van der Waals surface area contributed by atoms with Crippen LogP contribution in [0.15, 0.2) is 53.4 Å². The lowest BCUT2D eigenvalue weighted by molar-refractivity contribution is -0.385. The van der Waals surface area contributed by atoms with Crippen LogP contribution in [-0.4, -0.2) is 53.1 Å². The van der Waals surface area contributed by atoms with Crippen LogP contribution in [0.4, 0.5) is 5.69 Å². The van der Waals surface area contributed by atoms with Gasteiger partial charge in [-0.05, 0) is 24.0 Å². The maximum absolute atomic E-state index is 12.9. The van der Waals surface area contributed by atoms with Crippen molar-refractivity contribution in [3.63, 3.8) is 0 Å². The number of thioether (sulfide) groups is 1. The molecular formula is C19H21N3O3S. The number of piperazine rings is 1. The summed E-state index contributed by atoms with van der Waals surface area (Å²) >= 11 is 1.47. The van der Waals surface area contributed by atoms with Gasteiger partial charge in [0.25, 0.3) is 11.6 Å². The standard InChI is InChI=1S/C19H21N3O3S/c1-26-16-7-8-18(22(24)25)17(13-16)19(23)21-11-9-20(10-12-21)14-15-5-3-2-4-6-15/h2-8,13H,9-12,14H2,1H3. The third-order valence-corrected chi connectivity index (χ3v) is 5.26. The first-order chi connectivity index (χ1) is 12.6. The lowest BCUT2D eigenvalue weighted by atomic mass is 10.1. The predicted octanol–water partition coefficient (Wildman–Crippen LogP) is 3.27. The summed E-state index contributed by atoms with van der Waals surface area (Å²) in [5.41, 5.74) is 1.30. The molecule has 0 N–H and O–H groups in total. The van der Waals surface area contributed by atoms with Gasteiger partial charge in [-0.3, -0.25) is 19.8 Å². The average Bonchev–Trinajstić information content (AvgIpc) is 2.68. The highest BCUT2D eigenvalue weighted by molar-refractivity contribution is 7.98. The van der Waals surface area contributed by atoms with E-state index in [1.165, 1.54) is 23.4 Å². The van der Waals surface area contributed by atoms with Crippen LogP contribution in [0, 0.1) is 10.1 Å². The molecule has 0 spiro atoms. The number of rotatable bonds is 5. The minimum atomic E-state index is -0.483. The maximum Gasteiger partial charge on any atom is 0.282 e. The average molecular weight is 371 g/mol. The van der Waals surface area contributed by atoms with Crippen molar-refractivity contribution in [2.75, 3.05) is 32.4 Å². The van der Waals surface area contributed by atoms with E-state index in [9.17, 15) is 14.9 Å². The van der Waals surface area contributed by atoms with E-state index < -0.39 is 4.92 Å². The quantitative estimate of drug-likeness (QED) is 0.458. The third-order valence-electron chi connectivity index (χ3n) is 4.54. The Morgan fingerprint density at radius 2 is 1.81 bits per heavy atom. The van der Waals surface area contributed by atoms with Gasteiger partial charge >= 0.3 is 0 Å². The fraction of sp³-hybridized carbons (Fsp3) is 0.316. The first kappa shape index (κ1) is 18.4. The molecule has 1 aliphatic rings. The third kappa shape index (κ3) is 4.23. The first-order valence-electron chi connectivity index (χ1n) is 8.46. The maximum atomic E-state index is 12.9. The largest absolute Gasteiger partial charge is 0.336 e. The van der Waals surface area contributed by atoms with Gasteiger partial charge in [-0.1, -0.05) is 30.3 Å². The lowest BCUT2D eigenvalue weighted by Crippen LogP contribution is -2.48. The minimum Gasteiger partial charge on any atom is -0.336 e. The second-order valence-electron chi connectivity index (χ2n) is 6.19. The summed E-state index contributed by atoms with van der Waals surface area (Å²) < 4.78 is 0. The lowest BCUT2D eigenvalue weighted by Gasteiger charge is -2.34. The molecule has 3 rings (SSSR count). The van der Waals surface area contributed by atoms with Crippen LogP contribution in [0.1, 0.15) is 15.9 Å². The monoisotopic (exact) mass is 371 g/mol. The molecular weight excluding hydrogens is 350 g/mol. The zero-order valence-electron chi connectivity index (χ0n) is 14.6. The molecule has 1 fully saturated rings. The molecule has 1 aliphatic heterocycles. The van der Waals surface area contributed by atoms with Gasteiger partial charge in [0.1, 0.15) is 5.56 Å². The van der Waals surface area contributed by atoms with Crippen molar-refractivity contribution in [2.45, 2.75) is 11.4 Å². The van der Waals surface area contributed by atoms with E-state index in [1.54, 1.807) is 17.0 Å². The molecule has 0 radical (unpaired) electrons. The molecule has 0 aromatic heterocycles. The summed E-state index contributed by atoms with van der Waals surface area (Å²) in [5, 5.41) is 11.3. The summed E-state index contributed by atoms with van der Waals surface area (Å²) in [6.07, 6.45) is 1.89. The molecule has 0 unspecified atom stereocenters. The van der Waals surface area contributed by atoms with Crippen molar-refractivity contribution in [2.24, 2.45) is 0 Å².